The fourth-order valence-corrected chi connectivity index (χ4v) is 6.90. The molecule has 0 spiro atoms. The van der Waals surface area contributed by atoms with E-state index in [1.54, 1.807) is 0 Å². The van der Waals surface area contributed by atoms with Crippen LogP contribution in [0.25, 0.3) is 0 Å². The van der Waals surface area contributed by atoms with Crippen LogP contribution in [0.3, 0.4) is 0 Å². The van der Waals surface area contributed by atoms with Gasteiger partial charge >= 0.3 is 0 Å². The van der Waals surface area contributed by atoms with Crippen LogP contribution in [0.1, 0.15) is 205 Å². The Bertz CT molecular complexity index is 728. The van der Waals surface area contributed by atoms with Gasteiger partial charge in [-0.25, -0.2) is 0 Å². The average molecular weight is 595 g/mol. The molecular weight excluding hydrogens is 520 g/mol. The highest BCUT2D eigenvalue weighted by molar-refractivity contribution is 5.21. The van der Waals surface area contributed by atoms with Crippen LogP contribution in [-0.4, -0.2) is 22.9 Å². The van der Waals surface area contributed by atoms with Crippen LogP contribution in [0.4, 0.5) is 0 Å². The lowest BCUT2D eigenvalue weighted by molar-refractivity contribution is 0.149. The lowest BCUT2D eigenvalue weighted by atomic mass is 10.0. The summed E-state index contributed by atoms with van der Waals surface area (Å²) in [5.74, 6) is 0. The van der Waals surface area contributed by atoms with Gasteiger partial charge in [0.15, 0.2) is 0 Å². The Morgan fingerprint density at radius 3 is 0.953 bits per heavy atom. The van der Waals surface area contributed by atoms with Crippen molar-refractivity contribution >= 4 is 0 Å². The summed E-state index contributed by atoms with van der Waals surface area (Å²) in [5, 5.41) is 0. The Labute approximate surface area is 270 Å². The van der Waals surface area contributed by atoms with Gasteiger partial charge in [0.05, 0.1) is 0 Å². The molecule has 0 saturated carbocycles. The molecule has 2 nitrogen and oxygen atoms in total. The summed E-state index contributed by atoms with van der Waals surface area (Å²) in [6, 6.07) is 11.2. The number of rotatable bonds is 31. The molecule has 1 atom stereocenters. The van der Waals surface area contributed by atoms with Crippen molar-refractivity contribution in [2.45, 2.75) is 200 Å². The van der Waals surface area contributed by atoms with Crippen molar-refractivity contribution in [2.24, 2.45) is 0 Å². The maximum absolute atomic E-state index is 2.61. The SMILES string of the molecule is CCCCCCCCCCCCCCCCCCCN1C=CN(CCCCCCCCCCCCC)C1c1ccccc1. The number of hydrogen-bond donors (Lipinski definition) is 0. The van der Waals surface area contributed by atoms with Crippen molar-refractivity contribution in [1.29, 1.82) is 0 Å². The zero-order valence-electron chi connectivity index (χ0n) is 29.2. The third-order valence-electron chi connectivity index (χ3n) is 9.72. The fraction of sp³-hybridized carbons (Fsp3) is 0.805. The van der Waals surface area contributed by atoms with Crippen molar-refractivity contribution in [2.75, 3.05) is 13.1 Å². The first-order valence-corrected chi connectivity index (χ1v) is 19.6. The molecular formula is C41H74N2. The topological polar surface area (TPSA) is 6.48 Å². The van der Waals surface area contributed by atoms with Crippen molar-refractivity contribution < 1.29 is 0 Å². The van der Waals surface area contributed by atoms with E-state index in [1.165, 1.54) is 198 Å². The third-order valence-corrected chi connectivity index (χ3v) is 9.72. The summed E-state index contributed by atoms with van der Waals surface area (Å²) in [6.07, 6.45) is 45.1. The van der Waals surface area contributed by atoms with E-state index in [0.29, 0.717) is 6.17 Å². The maximum Gasteiger partial charge on any atom is 0.127 e. The van der Waals surface area contributed by atoms with Crippen molar-refractivity contribution in [3.8, 4) is 0 Å². The molecule has 0 N–H and O–H groups in total. The molecule has 1 aliphatic heterocycles. The molecule has 1 aromatic carbocycles. The lowest BCUT2D eigenvalue weighted by Gasteiger charge is -2.33. The van der Waals surface area contributed by atoms with E-state index >= 15 is 0 Å². The van der Waals surface area contributed by atoms with Gasteiger partial charge in [-0.15, -0.1) is 0 Å². The normalized spacial score (nSPS) is 14.8. The van der Waals surface area contributed by atoms with Crippen LogP contribution in [0.15, 0.2) is 42.7 Å². The maximum atomic E-state index is 2.61. The minimum atomic E-state index is 0.394. The molecule has 0 saturated heterocycles. The first kappa shape index (κ1) is 37.7. The Balaban J connectivity index is 1.48. The summed E-state index contributed by atoms with van der Waals surface area (Å²) < 4.78 is 0. The quantitative estimate of drug-likeness (QED) is 0.0789. The highest BCUT2D eigenvalue weighted by Crippen LogP contribution is 2.31. The van der Waals surface area contributed by atoms with Gasteiger partial charge in [-0.05, 0) is 18.4 Å². The van der Waals surface area contributed by atoms with Crippen LogP contribution >= 0.6 is 0 Å². The molecule has 1 aromatic rings. The molecule has 0 fully saturated rings. The van der Waals surface area contributed by atoms with Gasteiger partial charge in [-0.1, -0.05) is 211 Å². The van der Waals surface area contributed by atoms with E-state index in [9.17, 15) is 0 Å². The second kappa shape index (κ2) is 28.1. The molecule has 2 rings (SSSR count). The number of hydrogen-bond acceptors (Lipinski definition) is 2. The van der Waals surface area contributed by atoms with Gasteiger partial charge in [0.1, 0.15) is 6.17 Å². The third kappa shape index (κ3) is 19.5. The Kier molecular flexibility index (Phi) is 24.6. The molecule has 248 valence electrons. The summed E-state index contributed by atoms with van der Waals surface area (Å²) in [6.45, 7) is 6.98. The second-order valence-corrected chi connectivity index (χ2v) is 13.8. The summed E-state index contributed by atoms with van der Waals surface area (Å²) in [5.41, 5.74) is 1.45. The second-order valence-electron chi connectivity index (χ2n) is 13.8. The smallest absolute Gasteiger partial charge is 0.127 e. The minimum Gasteiger partial charge on any atom is -0.352 e. The fourth-order valence-electron chi connectivity index (χ4n) is 6.90. The molecule has 0 aromatic heterocycles. The minimum absolute atomic E-state index is 0.394. The van der Waals surface area contributed by atoms with E-state index in [0.717, 1.165) is 0 Å². The van der Waals surface area contributed by atoms with Crippen LogP contribution in [0, 0.1) is 0 Å². The van der Waals surface area contributed by atoms with Crippen molar-refractivity contribution in [3.05, 3.63) is 48.3 Å². The van der Waals surface area contributed by atoms with E-state index < -0.39 is 0 Å². The van der Waals surface area contributed by atoms with E-state index in [1.807, 2.05) is 0 Å². The van der Waals surface area contributed by atoms with E-state index in [4.69, 9.17) is 0 Å². The molecule has 0 amide bonds. The standard InChI is InChI=1S/C41H74N2/c1-3-5-7-9-11-13-15-16-17-18-19-20-22-24-26-28-33-37-43-39-38-42(41(43)40-34-30-29-31-35-40)36-32-27-25-23-21-14-12-10-8-6-4-2/h29-31,34-35,38-39,41H,3-28,32-33,36-37H2,1-2H3. The van der Waals surface area contributed by atoms with Gasteiger partial charge in [-0.2, -0.15) is 0 Å². The Morgan fingerprint density at radius 1 is 0.372 bits per heavy atom. The summed E-state index contributed by atoms with van der Waals surface area (Å²) in [7, 11) is 0. The van der Waals surface area contributed by atoms with Crippen LogP contribution in [-0.2, 0) is 0 Å². The van der Waals surface area contributed by atoms with Crippen molar-refractivity contribution in [1.82, 2.24) is 9.80 Å². The van der Waals surface area contributed by atoms with Gasteiger partial charge in [0.2, 0.25) is 0 Å². The highest BCUT2D eigenvalue weighted by Gasteiger charge is 2.26. The van der Waals surface area contributed by atoms with Crippen LogP contribution in [0.5, 0.6) is 0 Å². The molecule has 1 heterocycles. The number of benzene rings is 1. The molecule has 0 aliphatic carbocycles. The molecule has 1 unspecified atom stereocenters. The lowest BCUT2D eigenvalue weighted by Crippen LogP contribution is -2.32. The monoisotopic (exact) mass is 595 g/mol. The predicted molar refractivity (Wildman–Crippen MR) is 192 cm³/mol. The first-order chi connectivity index (χ1) is 21.4. The molecule has 0 bridgehead atoms. The summed E-state index contributed by atoms with van der Waals surface area (Å²) in [4.78, 5) is 5.22. The number of unbranched alkanes of at least 4 members (excludes halogenated alkanes) is 26. The Hall–Kier alpha value is -1.44. The zero-order chi connectivity index (χ0) is 30.5. The Morgan fingerprint density at radius 2 is 0.651 bits per heavy atom. The van der Waals surface area contributed by atoms with E-state index in [2.05, 4.69) is 66.4 Å². The summed E-state index contributed by atoms with van der Waals surface area (Å²) >= 11 is 0. The molecule has 43 heavy (non-hydrogen) atoms. The van der Waals surface area contributed by atoms with Gasteiger partial charge in [0, 0.05) is 25.5 Å². The van der Waals surface area contributed by atoms with Gasteiger partial charge < -0.3 is 9.80 Å². The highest BCUT2D eigenvalue weighted by atomic mass is 15.4. The molecule has 0 radical (unpaired) electrons. The van der Waals surface area contributed by atoms with Crippen molar-refractivity contribution in [3.63, 3.8) is 0 Å². The molecule has 1 aliphatic rings. The predicted octanol–water partition coefficient (Wildman–Crippen LogP) is 13.7. The largest absolute Gasteiger partial charge is 0.352 e. The van der Waals surface area contributed by atoms with Gasteiger partial charge in [0.25, 0.3) is 0 Å². The average Bonchev–Trinajstić information content (AvgIpc) is 3.44. The zero-order valence-corrected chi connectivity index (χ0v) is 29.2. The van der Waals surface area contributed by atoms with Gasteiger partial charge in [-0.3, -0.25) is 0 Å². The van der Waals surface area contributed by atoms with Crippen LogP contribution in [0.2, 0.25) is 0 Å². The van der Waals surface area contributed by atoms with E-state index in [-0.39, 0.29) is 0 Å². The number of nitrogens with zero attached hydrogens (tertiary/aromatic N) is 2. The molecule has 2 heteroatoms. The van der Waals surface area contributed by atoms with Crippen LogP contribution < -0.4 is 0 Å². The first-order valence-electron chi connectivity index (χ1n) is 19.6.